The Morgan fingerprint density at radius 3 is 2.71 bits per heavy atom. The van der Waals surface area contributed by atoms with Crippen molar-refractivity contribution in [2.45, 2.75) is 6.92 Å². The summed E-state index contributed by atoms with van der Waals surface area (Å²) in [5.74, 6) is -0.492. The summed E-state index contributed by atoms with van der Waals surface area (Å²) in [5, 5.41) is 0. The normalized spacial score (nSPS) is 15.3. The number of halogens is 2. The molecular formula is C15H15F2N3O. The Morgan fingerprint density at radius 1 is 1.19 bits per heavy atom. The molecule has 0 bridgehead atoms. The maximum Gasteiger partial charge on any atom is 0.183 e. The van der Waals surface area contributed by atoms with E-state index in [4.69, 9.17) is 4.74 Å². The molecule has 21 heavy (non-hydrogen) atoms. The summed E-state index contributed by atoms with van der Waals surface area (Å²) in [5.41, 5.74) is 0.790. The highest BCUT2D eigenvalue weighted by Crippen LogP contribution is 2.25. The number of benzene rings is 1. The lowest BCUT2D eigenvalue weighted by Crippen LogP contribution is -2.37. The molecule has 4 nitrogen and oxygen atoms in total. The van der Waals surface area contributed by atoms with Crippen LogP contribution in [0.1, 0.15) is 5.56 Å². The second kappa shape index (κ2) is 5.73. The van der Waals surface area contributed by atoms with Gasteiger partial charge in [-0.25, -0.2) is 18.7 Å². The van der Waals surface area contributed by atoms with Crippen LogP contribution < -0.4 is 4.90 Å². The second-order valence-corrected chi connectivity index (χ2v) is 4.90. The fourth-order valence-electron chi connectivity index (χ4n) is 2.30. The molecule has 0 amide bonds. The molecular weight excluding hydrogens is 276 g/mol. The highest BCUT2D eigenvalue weighted by molar-refractivity contribution is 5.59. The Kier molecular flexibility index (Phi) is 3.79. The summed E-state index contributed by atoms with van der Waals surface area (Å²) in [6, 6.07) is 5.00. The third-order valence-electron chi connectivity index (χ3n) is 3.47. The topological polar surface area (TPSA) is 38.2 Å². The van der Waals surface area contributed by atoms with E-state index in [1.54, 1.807) is 30.0 Å². The first-order valence-corrected chi connectivity index (χ1v) is 6.77. The van der Waals surface area contributed by atoms with Gasteiger partial charge in [0.1, 0.15) is 5.82 Å². The van der Waals surface area contributed by atoms with Gasteiger partial charge in [0.2, 0.25) is 0 Å². The molecule has 3 rings (SSSR count). The standard InChI is InChI=1S/C15H15F2N3O/c1-10-3-2-4-11(13(10)17)14-18-9-12(16)15(19-14)20-5-7-21-8-6-20/h2-4,9H,5-8H2,1H3. The molecule has 0 atom stereocenters. The largest absolute Gasteiger partial charge is 0.378 e. The summed E-state index contributed by atoms with van der Waals surface area (Å²) in [4.78, 5) is 9.92. The van der Waals surface area contributed by atoms with Crippen LogP contribution in [0.15, 0.2) is 24.4 Å². The van der Waals surface area contributed by atoms with Crippen LogP contribution in [0.2, 0.25) is 0 Å². The van der Waals surface area contributed by atoms with E-state index >= 15 is 0 Å². The van der Waals surface area contributed by atoms with E-state index in [1.165, 1.54) is 0 Å². The molecule has 1 aliphatic heterocycles. The zero-order valence-corrected chi connectivity index (χ0v) is 11.6. The molecule has 0 aliphatic carbocycles. The monoisotopic (exact) mass is 291 g/mol. The molecule has 6 heteroatoms. The van der Waals surface area contributed by atoms with E-state index in [9.17, 15) is 8.78 Å². The van der Waals surface area contributed by atoms with Gasteiger partial charge in [-0.3, -0.25) is 0 Å². The molecule has 1 aromatic carbocycles. The third kappa shape index (κ3) is 2.71. The minimum Gasteiger partial charge on any atom is -0.378 e. The second-order valence-electron chi connectivity index (χ2n) is 4.90. The minimum atomic E-state index is -0.506. The number of rotatable bonds is 2. The van der Waals surface area contributed by atoms with Crippen molar-refractivity contribution < 1.29 is 13.5 Å². The van der Waals surface area contributed by atoms with E-state index in [2.05, 4.69) is 9.97 Å². The molecule has 0 N–H and O–H groups in total. The molecule has 0 radical (unpaired) electrons. The van der Waals surface area contributed by atoms with Crippen molar-refractivity contribution in [2.24, 2.45) is 0 Å². The van der Waals surface area contributed by atoms with Crippen LogP contribution in [0.25, 0.3) is 11.4 Å². The van der Waals surface area contributed by atoms with Crippen LogP contribution in [0.5, 0.6) is 0 Å². The van der Waals surface area contributed by atoms with Crippen molar-refractivity contribution >= 4 is 5.82 Å². The molecule has 2 heterocycles. The first-order valence-electron chi connectivity index (χ1n) is 6.77. The number of hydrogen-bond donors (Lipinski definition) is 0. The van der Waals surface area contributed by atoms with Crippen molar-refractivity contribution in [3.05, 3.63) is 41.6 Å². The maximum absolute atomic E-state index is 14.2. The Hall–Kier alpha value is -2.08. The molecule has 1 aliphatic rings. The Bertz CT molecular complexity index is 657. The zero-order valence-electron chi connectivity index (χ0n) is 11.6. The number of aryl methyl sites for hydroxylation is 1. The van der Waals surface area contributed by atoms with Gasteiger partial charge in [-0.15, -0.1) is 0 Å². The average molecular weight is 291 g/mol. The number of aromatic nitrogens is 2. The van der Waals surface area contributed by atoms with Crippen molar-refractivity contribution in [3.63, 3.8) is 0 Å². The summed E-state index contributed by atoms with van der Waals surface area (Å²) in [7, 11) is 0. The minimum absolute atomic E-state index is 0.194. The van der Waals surface area contributed by atoms with Gasteiger partial charge >= 0.3 is 0 Å². The summed E-state index contributed by atoms with van der Waals surface area (Å²) >= 11 is 0. The fraction of sp³-hybridized carbons (Fsp3) is 0.333. The number of anilines is 1. The summed E-state index contributed by atoms with van der Waals surface area (Å²) in [6.45, 7) is 3.84. The van der Waals surface area contributed by atoms with Gasteiger partial charge in [-0.2, -0.15) is 0 Å². The van der Waals surface area contributed by atoms with E-state index in [0.29, 0.717) is 31.9 Å². The number of morpholine rings is 1. The lowest BCUT2D eigenvalue weighted by molar-refractivity contribution is 0.122. The van der Waals surface area contributed by atoms with Crippen molar-refractivity contribution in [1.82, 2.24) is 9.97 Å². The Labute approximate surface area is 121 Å². The molecule has 1 saturated heterocycles. The molecule has 110 valence electrons. The molecule has 0 spiro atoms. The van der Waals surface area contributed by atoms with Gasteiger partial charge in [-0.05, 0) is 18.6 Å². The predicted octanol–water partition coefficient (Wildman–Crippen LogP) is 2.57. The van der Waals surface area contributed by atoms with Crippen LogP contribution in [-0.4, -0.2) is 36.3 Å². The number of ether oxygens (including phenoxy) is 1. The van der Waals surface area contributed by atoms with E-state index in [1.807, 2.05) is 0 Å². The highest BCUT2D eigenvalue weighted by Gasteiger charge is 2.19. The Balaban J connectivity index is 2.02. The van der Waals surface area contributed by atoms with Crippen LogP contribution in [-0.2, 0) is 4.74 Å². The number of hydrogen-bond acceptors (Lipinski definition) is 4. The molecule has 2 aromatic rings. The quantitative estimate of drug-likeness (QED) is 0.852. The molecule has 0 unspecified atom stereocenters. The molecule has 0 saturated carbocycles. The SMILES string of the molecule is Cc1cccc(-c2ncc(F)c(N3CCOCC3)n2)c1F. The van der Waals surface area contributed by atoms with Crippen LogP contribution in [0, 0.1) is 18.6 Å². The van der Waals surface area contributed by atoms with E-state index in [0.717, 1.165) is 6.20 Å². The van der Waals surface area contributed by atoms with Gasteiger partial charge in [0, 0.05) is 13.1 Å². The first kappa shape index (κ1) is 13.9. The molecule has 1 fully saturated rings. The lowest BCUT2D eigenvalue weighted by Gasteiger charge is -2.28. The van der Waals surface area contributed by atoms with Gasteiger partial charge < -0.3 is 9.64 Å². The van der Waals surface area contributed by atoms with E-state index < -0.39 is 5.82 Å². The third-order valence-corrected chi connectivity index (χ3v) is 3.47. The van der Waals surface area contributed by atoms with Gasteiger partial charge in [-0.1, -0.05) is 12.1 Å². The van der Waals surface area contributed by atoms with Gasteiger partial charge in [0.15, 0.2) is 17.5 Å². The van der Waals surface area contributed by atoms with Gasteiger partial charge in [0.25, 0.3) is 0 Å². The summed E-state index contributed by atoms with van der Waals surface area (Å²) < 4.78 is 33.3. The van der Waals surface area contributed by atoms with Crippen LogP contribution in [0.4, 0.5) is 14.6 Å². The lowest BCUT2D eigenvalue weighted by atomic mass is 10.1. The predicted molar refractivity (Wildman–Crippen MR) is 75.2 cm³/mol. The highest BCUT2D eigenvalue weighted by atomic mass is 19.1. The fourth-order valence-corrected chi connectivity index (χ4v) is 2.30. The van der Waals surface area contributed by atoms with Crippen molar-refractivity contribution in [3.8, 4) is 11.4 Å². The molecule has 1 aromatic heterocycles. The van der Waals surface area contributed by atoms with Crippen LogP contribution >= 0.6 is 0 Å². The number of nitrogens with zero attached hydrogens (tertiary/aromatic N) is 3. The first-order chi connectivity index (χ1) is 10.2. The zero-order chi connectivity index (χ0) is 14.8. The van der Waals surface area contributed by atoms with Crippen LogP contribution in [0.3, 0.4) is 0 Å². The van der Waals surface area contributed by atoms with Crippen molar-refractivity contribution in [1.29, 1.82) is 0 Å². The van der Waals surface area contributed by atoms with E-state index in [-0.39, 0.29) is 23.0 Å². The average Bonchev–Trinajstić information content (AvgIpc) is 2.52. The maximum atomic E-state index is 14.2. The van der Waals surface area contributed by atoms with Gasteiger partial charge in [0.05, 0.1) is 25.0 Å². The summed E-state index contributed by atoms with van der Waals surface area (Å²) in [6.07, 6.45) is 1.09. The Morgan fingerprint density at radius 2 is 1.95 bits per heavy atom. The smallest absolute Gasteiger partial charge is 0.183 e. The van der Waals surface area contributed by atoms with Crippen molar-refractivity contribution in [2.75, 3.05) is 31.2 Å².